The zero-order valence-electron chi connectivity index (χ0n) is 18.3. The second kappa shape index (κ2) is 9.08. The molecule has 2 fully saturated rings. The highest BCUT2D eigenvalue weighted by atomic mass is 32.2. The molecule has 2 saturated heterocycles. The molecular formula is C22H31N5O3S. The van der Waals surface area contributed by atoms with E-state index in [9.17, 15) is 13.2 Å². The van der Waals surface area contributed by atoms with Crippen molar-refractivity contribution in [3.63, 3.8) is 0 Å². The summed E-state index contributed by atoms with van der Waals surface area (Å²) < 4.78 is 27.7. The third-order valence-electron chi connectivity index (χ3n) is 6.51. The number of nitrogens with zero attached hydrogens (tertiary/aromatic N) is 5. The van der Waals surface area contributed by atoms with Gasteiger partial charge in [-0.3, -0.25) is 14.5 Å². The first-order valence-corrected chi connectivity index (χ1v) is 12.7. The lowest BCUT2D eigenvalue weighted by Crippen LogP contribution is -2.47. The third-order valence-corrected chi connectivity index (χ3v) is 8.39. The molecule has 2 aromatic heterocycles. The first-order chi connectivity index (χ1) is 14.9. The molecule has 2 aromatic rings. The Morgan fingerprint density at radius 1 is 1.10 bits per heavy atom. The summed E-state index contributed by atoms with van der Waals surface area (Å²) in [7, 11) is -1.28. The molecule has 0 aliphatic carbocycles. The van der Waals surface area contributed by atoms with Gasteiger partial charge in [0.25, 0.3) is 0 Å². The van der Waals surface area contributed by atoms with Crippen molar-refractivity contribution in [2.45, 2.75) is 45.1 Å². The normalized spacial score (nSPS) is 21.4. The maximum Gasteiger partial charge on any atom is 0.226 e. The molecule has 0 saturated carbocycles. The molecule has 2 aliphatic rings. The summed E-state index contributed by atoms with van der Waals surface area (Å²) in [6, 6.07) is 3.89. The highest BCUT2D eigenvalue weighted by molar-refractivity contribution is 7.89. The number of hydrogen-bond acceptors (Lipinski definition) is 5. The Morgan fingerprint density at radius 2 is 1.81 bits per heavy atom. The maximum absolute atomic E-state index is 13.5. The molecule has 0 N–H and O–H groups in total. The predicted molar refractivity (Wildman–Crippen MR) is 119 cm³/mol. The van der Waals surface area contributed by atoms with Crippen LogP contribution in [0.5, 0.6) is 0 Å². The molecule has 0 unspecified atom stereocenters. The Labute approximate surface area is 184 Å². The highest BCUT2D eigenvalue weighted by Crippen LogP contribution is 2.37. The molecule has 9 heteroatoms. The molecule has 168 valence electrons. The highest BCUT2D eigenvalue weighted by Gasteiger charge is 2.37. The zero-order chi connectivity index (χ0) is 22.0. The van der Waals surface area contributed by atoms with E-state index >= 15 is 0 Å². The van der Waals surface area contributed by atoms with Crippen molar-refractivity contribution in [3.05, 3.63) is 36.4 Å². The number of amides is 1. The molecule has 2 aliphatic heterocycles. The van der Waals surface area contributed by atoms with Crippen LogP contribution in [-0.2, 0) is 21.9 Å². The van der Waals surface area contributed by atoms with Gasteiger partial charge in [0.2, 0.25) is 15.9 Å². The van der Waals surface area contributed by atoms with Gasteiger partial charge in [0.15, 0.2) is 0 Å². The minimum absolute atomic E-state index is 0.0528. The summed E-state index contributed by atoms with van der Waals surface area (Å²) >= 11 is 0. The van der Waals surface area contributed by atoms with Crippen LogP contribution in [0.2, 0.25) is 0 Å². The van der Waals surface area contributed by atoms with E-state index in [-0.39, 0.29) is 23.6 Å². The van der Waals surface area contributed by atoms with E-state index in [0.29, 0.717) is 25.9 Å². The van der Waals surface area contributed by atoms with Crippen molar-refractivity contribution in [2.24, 2.45) is 13.0 Å². The summed E-state index contributed by atoms with van der Waals surface area (Å²) in [6.45, 7) is 3.25. The molecule has 0 radical (unpaired) electrons. The van der Waals surface area contributed by atoms with Crippen LogP contribution < -0.4 is 0 Å². The molecule has 31 heavy (non-hydrogen) atoms. The van der Waals surface area contributed by atoms with E-state index in [1.807, 2.05) is 35.0 Å². The van der Waals surface area contributed by atoms with Crippen LogP contribution >= 0.6 is 0 Å². The van der Waals surface area contributed by atoms with Crippen LogP contribution in [0, 0.1) is 5.92 Å². The SMILES string of the molecule is CCS(=O)(=O)N1CCC(C(=O)N2CCCC[C@H]2c2nn(C)cc2-c2ccncc2)CC1. The minimum atomic E-state index is -3.19. The number of pyridine rings is 1. The van der Waals surface area contributed by atoms with Gasteiger partial charge in [0.05, 0.1) is 17.5 Å². The fourth-order valence-corrected chi connectivity index (χ4v) is 5.92. The number of piperidine rings is 2. The van der Waals surface area contributed by atoms with Crippen molar-refractivity contribution < 1.29 is 13.2 Å². The van der Waals surface area contributed by atoms with E-state index in [0.717, 1.165) is 42.6 Å². The van der Waals surface area contributed by atoms with Crippen LogP contribution in [0.4, 0.5) is 0 Å². The molecule has 4 heterocycles. The number of rotatable bonds is 5. The van der Waals surface area contributed by atoms with E-state index < -0.39 is 10.0 Å². The summed E-state index contributed by atoms with van der Waals surface area (Å²) in [5.41, 5.74) is 3.03. The predicted octanol–water partition coefficient (Wildman–Crippen LogP) is 2.60. The first-order valence-electron chi connectivity index (χ1n) is 11.1. The van der Waals surface area contributed by atoms with Gasteiger partial charge in [-0.05, 0) is 56.7 Å². The third kappa shape index (κ3) is 4.52. The van der Waals surface area contributed by atoms with Gasteiger partial charge in [-0.2, -0.15) is 5.10 Å². The largest absolute Gasteiger partial charge is 0.334 e. The topological polar surface area (TPSA) is 88.4 Å². The zero-order valence-corrected chi connectivity index (χ0v) is 19.1. The second-order valence-corrected chi connectivity index (χ2v) is 10.7. The number of hydrogen-bond donors (Lipinski definition) is 0. The van der Waals surface area contributed by atoms with Crippen LogP contribution in [0.1, 0.15) is 50.8 Å². The van der Waals surface area contributed by atoms with E-state index in [2.05, 4.69) is 4.98 Å². The minimum Gasteiger partial charge on any atom is -0.334 e. The van der Waals surface area contributed by atoms with Gasteiger partial charge >= 0.3 is 0 Å². The fourth-order valence-electron chi connectivity index (χ4n) is 4.78. The average Bonchev–Trinajstić information content (AvgIpc) is 3.21. The van der Waals surface area contributed by atoms with Crippen LogP contribution in [-0.4, -0.2) is 63.7 Å². The Morgan fingerprint density at radius 3 is 2.48 bits per heavy atom. The molecule has 1 amide bonds. The van der Waals surface area contributed by atoms with Gasteiger partial charge in [-0.25, -0.2) is 12.7 Å². The van der Waals surface area contributed by atoms with Crippen LogP contribution in [0.3, 0.4) is 0 Å². The van der Waals surface area contributed by atoms with E-state index in [4.69, 9.17) is 5.10 Å². The van der Waals surface area contributed by atoms with Gasteiger partial charge in [0, 0.05) is 56.8 Å². The molecule has 4 rings (SSSR count). The Hall–Kier alpha value is -2.26. The van der Waals surface area contributed by atoms with Crippen molar-refractivity contribution in [1.82, 2.24) is 24.0 Å². The fraction of sp³-hybridized carbons (Fsp3) is 0.591. The molecule has 1 atom stereocenters. The van der Waals surface area contributed by atoms with Crippen molar-refractivity contribution >= 4 is 15.9 Å². The second-order valence-electron chi connectivity index (χ2n) is 8.45. The van der Waals surface area contributed by atoms with Gasteiger partial charge in [-0.1, -0.05) is 0 Å². The van der Waals surface area contributed by atoms with Crippen molar-refractivity contribution in [3.8, 4) is 11.1 Å². The molecule has 0 spiro atoms. The smallest absolute Gasteiger partial charge is 0.226 e. The molecule has 0 aromatic carbocycles. The van der Waals surface area contributed by atoms with Crippen molar-refractivity contribution in [2.75, 3.05) is 25.4 Å². The lowest BCUT2D eigenvalue weighted by Gasteiger charge is -2.39. The number of sulfonamides is 1. The monoisotopic (exact) mass is 445 g/mol. The Bertz CT molecular complexity index is 1010. The number of aromatic nitrogens is 3. The van der Waals surface area contributed by atoms with Gasteiger partial charge in [0.1, 0.15) is 0 Å². The van der Waals surface area contributed by atoms with Crippen molar-refractivity contribution in [1.29, 1.82) is 0 Å². The summed E-state index contributed by atoms with van der Waals surface area (Å²) in [6.07, 6.45) is 9.67. The quantitative estimate of drug-likeness (QED) is 0.706. The van der Waals surface area contributed by atoms with E-state index in [1.54, 1.807) is 19.3 Å². The molecule has 8 nitrogen and oxygen atoms in total. The number of carbonyl (C=O) groups is 1. The number of aryl methyl sites for hydroxylation is 1. The first kappa shape index (κ1) is 22.0. The summed E-state index contributed by atoms with van der Waals surface area (Å²) in [5.74, 6) is 0.124. The van der Waals surface area contributed by atoms with Gasteiger partial charge in [-0.15, -0.1) is 0 Å². The Balaban J connectivity index is 1.55. The average molecular weight is 446 g/mol. The molecular weight excluding hydrogens is 414 g/mol. The number of carbonyl (C=O) groups excluding carboxylic acids is 1. The standard InChI is InChI=1S/C22H31N5O3S/c1-3-31(29,30)26-14-9-18(10-15-26)22(28)27-13-5-4-6-20(27)21-19(16-25(2)24-21)17-7-11-23-12-8-17/h7-8,11-12,16,18,20H,3-6,9-10,13-15H2,1-2H3/t20-/m0/s1. The lowest BCUT2D eigenvalue weighted by molar-refractivity contribution is -0.140. The van der Waals surface area contributed by atoms with Crippen LogP contribution in [0.25, 0.3) is 11.1 Å². The maximum atomic E-state index is 13.5. The van der Waals surface area contributed by atoms with E-state index in [1.165, 1.54) is 4.31 Å². The summed E-state index contributed by atoms with van der Waals surface area (Å²) in [5, 5.41) is 4.76. The van der Waals surface area contributed by atoms with Crippen LogP contribution in [0.15, 0.2) is 30.7 Å². The molecule has 0 bridgehead atoms. The lowest BCUT2D eigenvalue weighted by atomic mass is 9.91. The number of likely N-dealkylation sites (tertiary alicyclic amines) is 1. The Kier molecular flexibility index (Phi) is 6.43. The van der Waals surface area contributed by atoms with Gasteiger partial charge < -0.3 is 4.90 Å². The summed E-state index contributed by atoms with van der Waals surface area (Å²) in [4.78, 5) is 19.7.